The predicted octanol–water partition coefficient (Wildman–Crippen LogP) is 2.90. The van der Waals surface area contributed by atoms with E-state index in [2.05, 4.69) is 36.0 Å². The second kappa shape index (κ2) is 9.04. The van der Waals surface area contributed by atoms with Crippen LogP contribution in [0.1, 0.15) is 11.9 Å². The monoisotopic (exact) mass is 489 g/mol. The number of aromatic nitrogens is 2. The number of amides is 2. The molecule has 1 aliphatic heterocycles. The number of hydrogen-bond donors (Lipinski definition) is 2. The number of alkyl carbamates (subject to hydrolysis) is 1. The van der Waals surface area contributed by atoms with Crippen molar-refractivity contribution < 1.29 is 27.5 Å². The molecule has 1 fully saturated rings. The Labute approximate surface area is 178 Å². The molecule has 162 valence electrons. The normalized spacial score (nSPS) is 17.2. The van der Waals surface area contributed by atoms with E-state index in [1.165, 1.54) is 4.90 Å². The first-order chi connectivity index (χ1) is 14.2. The van der Waals surface area contributed by atoms with Gasteiger partial charge in [-0.1, -0.05) is 28.1 Å². The van der Waals surface area contributed by atoms with Gasteiger partial charge in [-0.05, 0) is 17.7 Å². The summed E-state index contributed by atoms with van der Waals surface area (Å²) in [7, 11) is 1.15. The Morgan fingerprint density at radius 1 is 1.33 bits per heavy atom. The fourth-order valence-electron chi connectivity index (χ4n) is 3.17. The molecule has 1 aliphatic rings. The number of aromatic amines is 1. The molecule has 0 spiro atoms. The summed E-state index contributed by atoms with van der Waals surface area (Å²) in [6.45, 7) is -1.84. The summed E-state index contributed by atoms with van der Waals surface area (Å²) < 4.78 is 44.0. The Hall–Kier alpha value is -2.60. The van der Waals surface area contributed by atoms with E-state index in [-0.39, 0.29) is 13.2 Å². The van der Waals surface area contributed by atoms with E-state index in [9.17, 15) is 22.8 Å². The number of rotatable bonds is 5. The van der Waals surface area contributed by atoms with Crippen LogP contribution in [-0.4, -0.2) is 71.4 Å². The number of H-pyrrole nitrogens is 1. The quantitative estimate of drug-likeness (QED) is 0.673. The lowest BCUT2D eigenvalue weighted by atomic mass is 10.2. The maximum atomic E-state index is 12.9. The first kappa shape index (κ1) is 22.1. The van der Waals surface area contributed by atoms with Crippen LogP contribution in [0, 0.1) is 0 Å². The van der Waals surface area contributed by atoms with Crippen molar-refractivity contribution in [2.45, 2.75) is 12.2 Å². The number of ether oxygens (including phenoxy) is 1. The van der Waals surface area contributed by atoms with E-state index in [1.807, 2.05) is 24.3 Å². The van der Waals surface area contributed by atoms with Gasteiger partial charge in [-0.25, -0.2) is 9.78 Å². The zero-order valence-electron chi connectivity index (χ0n) is 15.9. The minimum absolute atomic E-state index is 0.0449. The number of alkyl halides is 3. The molecule has 2 aromatic rings. The molecule has 12 heteroatoms. The summed E-state index contributed by atoms with van der Waals surface area (Å²) in [5.41, 5.74) is 1.51. The van der Waals surface area contributed by atoms with Crippen LogP contribution in [0.15, 0.2) is 34.9 Å². The van der Waals surface area contributed by atoms with Gasteiger partial charge in [-0.3, -0.25) is 9.69 Å². The molecule has 1 aromatic carbocycles. The van der Waals surface area contributed by atoms with E-state index in [4.69, 9.17) is 0 Å². The van der Waals surface area contributed by atoms with Gasteiger partial charge in [0.1, 0.15) is 18.4 Å². The van der Waals surface area contributed by atoms with Crippen molar-refractivity contribution in [2.75, 3.05) is 33.4 Å². The SMILES string of the molecule is COC(=O)NCC(=O)N1CN(CC(F)(F)F)CC1c1ncc(-c2ccc(Br)cc2)[nH]1. The van der Waals surface area contributed by atoms with Crippen molar-refractivity contribution in [3.8, 4) is 11.3 Å². The first-order valence-electron chi connectivity index (χ1n) is 8.87. The fraction of sp³-hybridized carbons (Fsp3) is 0.389. The zero-order chi connectivity index (χ0) is 21.9. The molecular formula is C18H19BrF3N5O3. The van der Waals surface area contributed by atoms with Gasteiger partial charge in [0.25, 0.3) is 0 Å². The van der Waals surface area contributed by atoms with Crippen LogP contribution in [0.25, 0.3) is 11.3 Å². The number of hydrogen-bond acceptors (Lipinski definition) is 5. The van der Waals surface area contributed by atoms with E-state index in [0.29, 0.717) is 11.5 Å². The van der Waals surface area contributed by atoms with Crippen LogP contribution in [0.2, 0.25) is 0 Å². The predicted molar refractivity (Wildman–Crippen MR) is 104 cm³/mol. The van der Waals surface area contributed by atoms with Gasteiger partial charge in [0.2, 0.25) is 5.91 Å². The van der Waals surface area contributed by atoms with Crippen molar-refractivity contribution in [3.63, 3.8) is 0 Å². The molecule has 2 heterocycles. The topological polar surface area (TPSA) is 90.6 Å². The Kier molecular flexibility index (Phi) is 6.66. The summed E-state index contributed by atoms with van der Waals surface area (Å²) in [5, 5.41) is 2.25. The maximum absolute atomic E-state index is 12.9. The zero-order valence-corrected chi connectivity index (χ0v) is 17.5. The molecular weight excluding hydrogens is 471 g/mol. The molecule has 0 saturated carbocycles. The summed E-state index contributed by atoms with van der Waals surface area (Å²) in [4.78, 5) is 33.6. The molecule has 1 atom stereocenters. The van der Waals surface area contributed by atoms with Gasteiger partial charge in [0.15, 0.2) is 0 Å². The highest BCUT2D eigenvalue weighted by Gasteiger charge is 2.41. The number of methoxy groups -OCH3 is 1. The number of benzene rings is 1. The lowest BCUT2D eigenvalue weighted by Crippen LogP contribution is -2.41. The molecule has 0 radical (unpaired) electrons. The molecule has 3 rings (SSSR count). The molecule has 1 unspecified atom stereocenters. The van der Waals surface area contributed by atoms with Gasteiger partial charge in [-0.2, -0.15) is 13.2 Å². The Morgan fingerprint density at radius 3 is 2.67 bits per heavy atom. The number of nitrogens with one attached hydrogen (secondary N) is 2. The van der Waals surface area contributed by atoms with Crippen LogP contribution >= 0.6 is 15.9 Å². The standard InChI is InChI=1S/C18H19BrF3N5O3/c1-30-17(29)24-7-15(28)27-10-26(9-18(20,21)22)8-14(27)16-23-6-13(25-16)11-2-4-12(19)5-3-11/h2-6,14H,7-10H2,1H3,(H,23,25)(H,24,29). The highest BCUT2D eigenvalue weighted by molar-refractivity contribution is 9.10. The number of nitrogens with zero attached hydrogens (tertiary/aromatic N) is 3. The third-order valence-corrected chi connectivity index (χ3v) is 5.05. The average Bonchev–Trinajstić information content (AvgIpc) is 3.32. The molecule has 0 bridgehead atoms. The van der Waals surface area contributed by atoms with Crippen LogP contribution in [-0.2, 0) is 9.53 Å². The summed E-state index contributed by atoms with van der Waals surface area (Å²) >= 11 is 3.36. The summed E-state index contributed by atoms with van der Waals surface area (Å²) in [6, 6.07) is 6.70. The second-order valence-corrected chi connectivity index (χ2v) is 7.60. The minimum atomic E-state index is -4.40. The third kappa shape index (κ3) is 5.51. The number of carbonyl (C=O) groups is 2. The van der Waals surface area contributed by atoms with Gasteiger partial charge in [0, 0.05) is 11.0 Å². The van der Waals surface area contributed by atoms with E-state index < -0.39 is 37.3 Å². The number of halogens is 4. The van der Waals surface area contributed by atoms with E-state index in [0.717, 1.165) is 22.0 Å². The van der Waals surface area contributed by atoms with E-state index >= 15 is 0 Å². The van der Waals surface area contributed by atoms with Gasteiger partial charge >= 0.3 is 12.3 Å². The molecule has 8 nitrogen and oxygen atoms in total. The van der Waals surface area contributed by atoms with Crippen molar-refractivity contribution in [2.24, 2.45) is 0 Å². The Morgan fingerprint density at radius 2 is 2.03 bits per heavy atom. The van der Waals surface area contributed by atoms with Crippen molar-refractivity contribution in [1.29, 1.82) is 0 Å². The third-order valence-electron chi connectivity index (χ3n) is 4.52. The highest BCUT2D eigenvalue weighted by atomic mass is 79.9. The number of imidazole rings is 1. The molecule has 2 N–H and O–H groups in total. The average molecular weight is 490 g/mol. The summed E-state index contributed by atoms with van der Waals surface area (Å²) in [6.07, 6.45) is -3.64. The van der Waals surface area contributed by atoms with Crippen molar-refractivity contribution in [1.82, 2.24) is 25.1 Å². The lowest BCUT2D eigenvalue weighted by molar-refractivity contribution is -0.147. The fourth-order valence-corrected chi connectivity index (χ4v) is 3.44. The van der Waals surface area contributed by atoms with Crippen LogP contribution in [0.3, 0.4) is 0 Å². The molecule has 0 aliphatic carbocycles. The molecule has 1 saturated heterocycles. The molecule has 1 aromatic heterocycles. The van der Waals surface area contributed by atoms with Gasteiger partial charge < -0.3 is 19.9 Å². The lowest BCUT2D eigenvalue weighted by Gasteiger charge is -2.22. The van der Waals surface area contributed by atoms with Crippen LogP contribution in [0.4, 0.5) is 18.0 Å². The summed E-state index contributed by atoms with van der Waals surface area (Å²) in [5.74, 6) is -0.180. The van der Waals surface area contributed by atoms with Crippen molar-refractivity contribution in [3.05, 3.63) is 40.8 Å². The first-order valence-corrected chi connectivity index (χ1v) is 9.67. The Bertz CT molecular complexity index is 903. The number of carbonyl (C=O) groups excluding carboxylic acids is 2. The van der Waals surface area contributed by atoms with Gasteiger partial charge in [0.05, 0.1) is 32.2 Å². The highest BCUT2D eigenvalue weighted by Crippen LogP contribution is 2.30. The Balaban J connectivity index is 1.80. The van der Waals surface area contributed by atoms with E-state index in [1.54, 1.807) is 6.20 Å². The van der Waals surface area contributed by atoms with Crippen LogP contribution < -0.4 is 5.32 Å². The molecule has 2 amide bonds. The molecule has 30 heavy (non-hydrogen) atoms. The van der Waals surface area contributed by atoms with Crippen LogP contribution in [0.5, 0.6) is 0 Å². The minimum Gasteiger partial charge on any atom is -0.453 e. The van der Waals surface area contributed by atoms with Gasteiger partial charge in [-0.15, -0.1) is 0 Å². The van der Waals surface area contributed by atoms with Crippen molar-refractivity contribution >= 4 is 27.9 Å². The smallest absolute Gasteiger partial charge is 0.407 e. The maximum Gasteiger partial charge on any atom is 0.407 e. The largest absolute Gasteiger partial charge is 0.453 e. The second-order valence-electron chi connectivity index (χ2n) is 6.68.